The maximum absolute atomic E-state index is 9.32. The van der Waals surface area contributed by atoms with Crippen molar-refractivity contribution in [3.8, 4) is 0 Å². The van der Waals surface area contributed by atoms with Gasteiger partial charge in [-0.1, -0.05) is 18.2 Å². The summed E-state index contributed by atoms with van der Waals surface area (Å²) in [5, 5.41) is 9.32. The summed E-state index contributed by atoms with van der Waals surface area (Å²) >= 11 is 0. The van der Waals surface area contributed by atoms with E-state index in [1.54, 1.807) is 0 Å². The van der Waals surface area contributed by atoms with E-state index in [0.29, 0.717) is 0 Å². The average Bonchev–Trinajstić information content (AvgIpc) is 2.45. The van der Waals surface area contributed by atoms with E-state index in [1.165, 1.54) is 12.0 Å². The lowest BCUT2D eigenvalue weighted by Crippen LogP contribution is -2.22. The number of rotatable bonds is 4. The van der Waals surface area contributed by atoms with Crippen molar-refractivity contribution in [1.82, 2.24) is 0 Å². The Morgan fingerprint density at radius 1 is 1.58 bits per heavy atom. The molecule has 1 aliphatic rings. The molecule has 1 saturated carbocycles. The second-order valence-corrected chi connectivity index (χ2v) is 3.72. The summed E-state index contributed by atoms with van der Waals surface area (Å²) in [6.45, 7) is 8.00. The Labute approximate surface area is 74.8 Å². The van der Waals surface area contributed by atoms with Crippen LogP contribution in [0.5, 0.6) is 0 Å². The predicted molar refractivity (Wildman–Crippen MR) is 51.9 cm³/mol. The van der Waals surface area contributed by atoms with Gasteiger partial charge >= 0.3 is 0 Å². The number of hydrogen-bond acceptors (Lipinski definition) is 1. The van der Waals surface area contributed by atoms with Crippen molar-refractivity contribution >= 4 is 0 Å². The first-order chi connectivity index (χ1) is 5.75. The van der Waals surface area contributed by atoms with Gasteiger partial charge < -0.3 is 5.11 Å². The summed E-state index contributed by atoms with van der Waals surface area (Å²) in [6, 6.07) is 0. The van der Waals surface area contributed by atoms with Gasteiger partial charge in [-0.2, -0.15) is 0 Å². The van der Waals surface area contributed by atoms with Gasteiger partial charge in [-0.05, 0) is 32.1 Å². The van der Waals surface area contributed by atoms with Crippen LogP contribution in [-0.4, -0.2) is 11.7 Å². The molecule has 1 atom stereocenters. The third-order valence-corrected chi connectivity index (χ3v) is 3.01. The van der Waals surface area contributed by atoms with Crippen molar-refractivity contribution < 1.29 is 5.11 Å². The van der Waals surface area contributed by atoms with Crippen LogP contribution in [0.15, 0.2) is 24.8 Å². The fraction of sp³-hybridized carbons (Fsp3) is 0.636. The van der Waals surface area contributed by atoms with E-state index in [4.69, 9.17) is 0 Å². The van der Waals surface area contributed by atoms with E-state index in [2.05, 4.69) is 13.2 Å². The van der Waals surface area contributed by atoms with Gasteiger partial charge in [0, 0.05) is 5.41 Å². The zero-order chi connectivity index (χ0) is 9.03. The minimum absolute atomic E-state index is 0.0359. The molecule has 1 heteroatoms. The second kappa shape index (κ2) is 3.90. The molecule has 0 heterocycles. The molecule has 0 aliphatic heterocycles. The van der Waals surface area contributed by atoms with Crippen LogP contribution >= 0.6 is 0 Å². The summed E-state index contributed by atoms with van der Waals surface area (Å²) in [4.78, 5) is 0. The minimum atomic E-state index is 0.0359. The summed E-state index contributed by atoms with van der Waals surface area (Å²) in [7, 11) is 0. The molecule has 1 aliphatic carbocycles. The van der Waals surface area contributed by atoms with Gasteiger partial charge in [-0.3, -0.25) is 0 Å². The van der Waals surface area contributed by atoms with Gasteiger partial charge in [-0.15, -0.1) is 6.58 Å². The highest BCUT2D eigenvalue weighted by Gasteiger charge is 2.35. The van der Waals surface area contributed by atoms with Crippen molar-refractivity contribution in [3.63, 3.8) is 0 Å². The lowest BCUT2D eigenvalue weighted by Gasteiger charge is -2.27. The minimum Gasteiger partial charge on any atom is -0.395 e. The Morgan fingerprint density at radius 2 is 2.33 bits per heavy atom. The summed E-state index contributed by atoms with van der Waals surface area (Å²) in [5.41, 5.74) is 1.28. The van der Waals surface area contributed by atoms with Crippen LogP contribution in [-0.2, 0) is 0 Å². The van der Waals surface area contributed by atoms with Gasteiger partial charge in [0.05, 0.1) is 6.61 Å². The first-order valence-electron chi connectivity index (χ1n) is 4.65. The number of allylic oxidation sites excluding steroid dienone is 1. The molecule has 0 spiro atoms. The molecule has 1 fully saturated rings. The van der Waals surface area contributed by atoms with Crippen LogP contribution in [0.4, 0.5) is 0 Å². The largest absolute Gasteiger partial charge is 0.395 e. The molecule has 1 N–H and O–H groups in total. The maximum atomic E-state index is 9.32. The fourth-order valence-electron chi connectivity index (χ4n) is 2.03. The fourth-order valence-corrected chi connectivity index (χ4v) is 2.03. The zero-order valence-electron chi connectivity index (χ0n) is 7.68. The van der Waals surface area contributed by atoms with Gasteiger partial charge in [0.1, 0.15) is 0 Å². The van der Waals surface area contributed by atoms with Crippen LogP contribution < -0.4 is 0 Å². The highest BCUT2D eigenvalue weighted by atomic mass is 16.3. The van der Waals surface area contributed by atoms with Gasteiger partial charge in [-0.25, -0.2) is 0 Å². The van der Waals surface area contributed by atoms with Crippen molar-refractivity contribution in [2.24, 2.45) is 5.41 Å². The molecular weight excluding hydrogens is 148 g/mol. The van der Waals surface area contributed by atoms with E-state index in [9.17, 15) is 5.11 Å². The summed E-state index contributed by atoms with van der Waals surface area (Å²) in [5.74, 6) is 0. The topological polar surface area (TPSA) is 20.2 Å². The van der Waals surface area contributed by atoms with Gasteiger partial charge in [0.25, 0.3) is 0 Å². The van der Waals surface area contributed by atoms with Crippen molar-refractivity contribution in [2.75, 3.05) is 6.61 Å². The van der Waals surface area contributed by atoms with Gasteiger partial charge in [0.2, 0.25) is 0 Å². The van der Waals surface area contributed by atoms with Crippen molar-refractivity contribution in [3.05, 3.63) is 24.8 Å². The number of aliphatic hydroxyl groups is 1. The van der Waals surface area contributed by atoms with Crippen LogP contribution in [0.1, 0.15) is 32.1 Å². The third kappa shape index (κ3) is 1.61. The molecule has 0 amide bonds. The Bertz CT molecular complexity index is 183. The highest BCUT2D eigenvalue weighted by molar-refractivity contribution is 5.15. The average molecular weight is 166 g/mol. The van der Waals surface area contributed by atoms with E-state index < -0.39 is 0 Å². The van der Waals surface area contributed by atoms with Crippen molar-refractivity contribution in [1.29, 1.82) is 0 Å². The molecule has 0 unspecified atom stereocenters. The highest BCUT2D eigenvalue weighted by Crippen LogP contribution is 2.45. The molecule has 0 saturated heterocycles. The summed E-state index contributed by atoms with van der Waals surface area (Å²) in [6.07, 6.45) is 7.32. The zero-order valence-corrected chi connectivity index (χ0v) is 7.68. The summed E-state index contributed by atoms with van der Waals surface area (Å²) < 4.78 is 0. The lowest BCUT2D eigenvalue weighted by atomic mass is 9.79. The number of aliphatic hydroxyl groups excluding tert-OH is 1. The Morgan fingerprint density at radius 3 is 2.75 bits per heavy atom. The molecule has 1 nitrogen and oxygen atoms in total. The standard InChI is InChI=1S/C11H18O/c1-3-4-7-11(9-12)8-5-6-10(11)2/h3,12H,1-2,4-9H2/t11-/m1/s1. The molecule has 12 heavy (non-hydrogen) atoms. The van der Waals surface area contributed by atoms with Gasteiger partial charge in [0.15, 0.2) is 0 Å². The Hall–Kier alpha value is -0.560. The number of hydrogen-bond donors (Lipinski definition) is 1. The molecule has 0 aromatic carbocycles. The molecule has 0 radical (unpaired) electrons. The molecule has 0 aromatic rings. The lowest BCUT2D eigenvalue weighted by molar-refractivity contribution is 0.155. The molecule has 1 rings (SSSR count). The SMILES string of the molecule is C=CCC[C@]1(CO)CCCC1=C. The first-order valence-corrected chi connectivity index (χ1v) is 4.65. The third-order valence-electron chi connectivity index (χ3n) is 3.01. The Kier molecular flexibility index (Phi) is 3.10. The molecule has 68 valence electrons. The first kappa shape index (κ1) is 9.53. The molecule has 0 bridgehead atoms. The Balaban J connectivity index is 2.60. The molecule has 0 aromatic heterocycles. The van der Waals surface area contributed by atoms with Crippen LogP contribution in [0.25, 0.3) is 0 Å². The predicted octanol–water partition coefficient (Wildman–Crippen LogP) is 2.67. The van der Waals surface area contributed by atoms with Crippen LogP contribution in [0.2, 0.25) is 0 Å². The smallest absolute Gasteiger partial charge is 0.0524 e. The second-order valence-electron chi connectivity index (χ2n) is 3.72. The maximum Gasteiger partial charge on any atom is 0.0524 e. The van der Waals surface area contributed by atoms with Crippen LogP contribution in [0, 0.1) is 5.41 Å². The van der Waals surface area contributed by atoms with Crippen molar-refractivity contribution in [2.45, 2.75) is 32.1 Å². The monoisotopic (exact) mass is 166 g/mol. The van der Waals surface area contributed by atoms with E-state index in [0.717, 1.165) is 25.7 Å². The van der Waals surface area contributed by atoms with E-state index in [-0.39, 0.29) is 12.0 Å². The van der Waals surface area contributed by atoms with E-state index >= 15 is 0 Å². The van der Waals surface area contributed by atoms with E-state index in [1.807, 2.05) is 6.08 Å². The normalized spacial score (nSPS) is 29.2. The molecular formula is C11H18O. The van der Waals surface area contributed by atoms with Crippen LogP contribution in [0.3, 0.4) is 0 Å². The quantitative estimate of drug-likeness (QED) is 0.637.